The maximum atomic E-state index is 12.4. The second-order valence-corrected chi connectivity index (χ2v) is 7.03. The van der Waals surface area contributed by atoms with Gasteiger partial charge < -0.3 is 14.9 Å². The first kappa shape index (κ1) is 16.7. The number of imidazole rings is 1. The lowest BCUT2D eigenvalue weighted by atomic mass is 10.1. The molecule has 0 aliphatic carbocycles. The lowest BCUT2D eigenvalue weighted by molar-refractivity contribution is 0.0946. The second kappa shape index (κ2) is 6.92. The molecule has 0 radical (unpaired) electrons. The Balaban J connectivity index is 1.28. The minimum Gasteiger partial charge on any atom is -0.347 e. The largest absolute Gasteiger partial charge is 0.347 e. The highest BCUT2D eigenvalue weighted by Crippen LogP contribution is 2.24. The molecular formula is C21H20N6O. The van der Waals surface area contributed by atoms with Gasteiger partial charge in [0, 0.05) is 42.9 Å². The number of aryl methyl sites for hydroxylation is 2. The Morgan fingerprint density at radius 3 is 2.89 bits per heavy atom. The molecule has 0 fully saturated rings. The van der Waals surface area contributed by atoms with Crippen molar-refractivity contribution in [2.75, 3.05) is 0 Å². The van der Waals surface area contributed by atoms with Gasteiger partial charge in [0.15, 0.2) is 0 Å². The Morgan fingerprint density at radius 2 is 2.04 bits per heavy atom. The van der Waals surface area contributed by atoms with Crippen LogP contribution < -0.4 is 5.32 Å². The summed E-state index contributed by atoms with van der Waals surface area (Å²) < 4.78 is 2.09. The minimum atomic E-state index is -0.129. The Kier molecular flexibility index (Phi) is 4.12. The van der Waals surface area contributed by atoms with Gasteiger partial charge in [-0.3, -0.25) is 4.79 Å². The van der Waals surface area contributed by atoms with Crippen molar-refractivity contribution < 1.29 is 4.79 Å². The van der Waals surface area contributed by atoms with Crippen LogP contribution in [0.5, 0.6) is 0 Å². The number of hydrogen-bond acceptors (Lipinski definition) is 4. The first-order chi connectivity index (χ1) is 13.8. The Labute approximate surface area is 161 Å². The number of H-pyrrole nitrogens is 1. The van der Waals surface area contributed by atoms with E-state index in [0.717, 1.165) is 59.5 Å². The van der Waals surface area contributed by atoms with Gasteiger partial charge in [-0.15, -0.1) is 0 Å². The van der Waals surface area contributed by atoms with Crippen LogP contribution in [0.25, 0.3) is 22.3 Å². The van der Waals surface area contributed by atoms with E-state index in [1.54, 1.807) is 6.33 Å². The fourth-order valence-corrected chi connectivity index (χ4v) is 3.68. The Bertz CT molecular complexity index is 1120. The number of aromatic amines is 1. The molecule has 5 rings (SSSR count). The van der Waals surface area contributed by atoms with Gasteiger partial charge in [-0.2, -0.15) is 0 Å². The molecule has 4 aromatic rings. The normalized spacial score (nSPS) is 13.4. The van der Waals surface area contributed by atoms with E-state index >= 15 is 0 Å². The smallest absolute Gasteiger partial charge is 0.271 e. The van der Waals surface area contributed by atoms with Crippen molar-refractivity contribution in [1.82, 2.24) is 29.8 Å². The first-order valence-electron chi connectivity index (χ1n) is 9.49. The van der Waals surface area contributed by atoms with E-state index < -0.39 is 0 Å². The standard InChI is InChI=1S/C21H20N6O/c28-21(17-12-27-10-2-1-3-18(27)26-17)23-11-14-4-6-15(7-5-14)19-16-8-9-22-20(16)25-13-24-19/h4-9,12-13H,1-3,10-11H2,(H,23,28)(H,22,24,25). The molecule has 2 N–H and O–H groups in total. The fraction of sp³-hybridized carbons (Fsp3) is 0.238. The van der Waals surface area contributed by atoms with Crippen molar-refractivity contribution in [1.29, 1.82) is 0 Å². The molecule has 7 heteroatoms. The zero-order chi connectivity index (χ0) is 18.9. The minimum absolute atomic E-state index is 0.129. The van der Waals surface area contributed by atoms with E-state index in [2.05, 4.69) is 29.8 Å². The van der Waals surface area contributed by atoms with E-state index in [-0.39, 0.29) is 5.91 Å². The lowest BCUT2D eigenvalue weighted by Gasteiger charge is -2.11. The highest BCUT2D eigenvalue weighted by Gasteiger charge is 2.16. The SMILES string of the molecule is O=C(NCc1ccc(-c2ncnc3[nH]ccc23)cc1)c1cn2c(n1)CCCC2. The highest BCUT2D eigenvalue weighted by molar-refractivity contribution is 5.92. The summed E-state index contributed by atoms with van der Waals surface area (Å²) in [4.78, 5) is 28.6. The molecule has 7 nitrogen and oxygen atoms in total. The molecular weight excluding hydrogens is 352 g/mol. The number of carbonyl (C=O) groups is 1. The second-order valence-electron chi connectivity index (χ2n) is 7.03. The van der Waals surface area contributed by atoms with E-state index in [1.807, 2.05) is 42.7 Å². The average molecular weight is 372 g/mol. The van der Waals surface area contributed by atoms with Gasteiger partial charge >= 0.3 is 0 Å². The van der Waals surface area contributed by atoms with Gasteiger partial charge in [-0.1, -0.05) is 24.3 Å². The summed E-state index contributed by atoms with van der Waals surface area (Å²) in [6.45, 7) is 1.42. The predicted molar refractivity (Wildman–Crippen MR) is 106 cm³/mol. The molecule has 28 heavy (non-hydrogen) atoms. The summed E-state index contributed by atoms with van der Waals surface area (Å²) in [5, 5.41) is 3.96. The van der Waals surface area contributed by atoms with Crippen molar-refractivity contribution in [3.8, 4) is 11.3 Å². The summed E-state index contributed by atoms with van der Waals surface area (Å²) in [6.07, 6.45) is 8.54. The van der Waals surface area contributed by atoms with Crippen LogP contribution in [0.4, 0.5) is 0 Å². The van der Waals surface area contributed by atoms with Gasteiger partial charge in [0.05, 0.1) is 5.69 Å². The monoisotopic (exact) mass is 372 g/mol. The molecule has 0 saturated heterocycles. The Morgan fingerprint density at radius 1 is 1.14 bits per heavy atom. The number of aromatic nitrogens is 5. The summed E-state index contributed by atoms with van der Waals surface area (Å²) in [5.74, 6) is 0.887. The molecule has 0 spiro atoms. The third-order valence-electron chi connectivity index (χ3n) is 5.18. The summed E-state index contributed by atoms with van der Waals surface area (Å²) >= 11 is 0. The molecule has 0 unspecified atom stereocenters. The molecule has 4 heterocycles. The van der Waals surface area contributed by atoms with Gasteiger partial charge in [0.2, 0.25) is 0 Å². The van der Waals surface area contributed by atoms with Crippen LogP contribution in [-0.4, -0.2) is 30.4 Å². The molecule has 0 saturated carbocycles. The quantitative estimate of drug-likeness (QED) is 0.576. The van der Waals surface area contributed by atoms with Crippen LogP contribution in [0.3, 0.4) is 0 Å². The van der Waals surface area contributed by atoms with Gasteiger partial charge in [0.1, 0.15) is 23.5 Å². The first-order valence-corrected chi connectivity index (χ1v) is 9.49. The van der Waals surface area contributed by atoms with Crippen LogP contribution in [0.2, 0.25) is 0 Å². The van der Waals surface area contributed by atoms with Crippen LogP contribution in [0.1, 0.15) is 34.7 Å². The van der Waals surface area contributed by atoms with Crippen LogP contribution in [-0.2, 0) is 19.5 Å². The molecule has 1 aliphatic rings. The van der Waals surface area contributed by atoms with E-state index in [9.17, 15) is 4.79 Å². The van der Waals surface area contributed by atoms with Crippen molar-refractivity contribution in [2.24, 2.45) is 0 Å². The average Bonchev–Trinajstić information content (AvgIpc) is 3.39. The number of amides is 1. The molecule has 0 atom stereocenters. The zero-order valence-corrected chi connectivity index (χ0v) is 15.4. The maximum Gasteiger partial charge on any atom is 0.271 e. The summed E-state index contributed by atoms with van der Waals surface area (Å²) in [7, 11) is 0. The number of nitrogens with one attached hydrogen (secondary N) is 2. The van der Waals surface area contributed by atoms with Crippen LogP contribution in [0, 0.1) is 0 Å². The van der Waals surface area contributed by atoms with Crippen LogP contribution in [0.15, 0.2) is 49.1 Å². The molecule has 1 aliphatic heterocycles. The van der Waals surface area contributed by atoms with Gasteiger partial charge in [-0.25, -0.2) is 15.0 Å². The van der Waals surface area contributed by atoms with Gasteiger partial charge in [-0.05, 0) is 24.5 Å². The van der Waals surface area contributed by atoms with Crippen molar-refractivity contribution in [2.45, 2.75) is 32.4 Å². The lowest BCUT2D eigenvalue weighted by Crippen LogP contribution is -2.23. The van der Waals surface area contributed by atoms with E-state index in [4.69, 9.17) is 0 Å². The molecule has 0 bridgehead atoms. The number of nitrogens with zero attached hydrogens (tertiary/aromatic N) is 4. The predicted octanol–water partition coefficient (Wildman–Crippen LogP) is 3.09. The number of hydrogen-bond donors (Lipinski definition) is 2. The Hall–Kier alpha value is -3.48. The zero-order valence-electron chi connectivity index (χ0n) is 15.4. The maximum absolute atomic E-state index is 12.4. The van der Waals surface area contributed by atoms with Gasteiger partial charge in [0.25, 0.3) is 5.91 Å². The van der Waals surface area contributed by atoms with Crippen molar-refractivity contribution >= 4 is 16.9 Å². The number of rotatable bonds is 4. The third-order valence-corrected chi connectivity index (χ3v) is 5.18. The van der Waals surface area contributed by atoms with Crippen molar-refractivity contribution in [3.05, 3.63) is 66.1 Å². The summed E-state index contributed by atoms with van der Waals surface area (Å²) in [5.41, 5.74) is 4.27. The molecule has 3 aromatic heterocycles. The topological polar surface area (TPSA) is 88.5 Å². The van der Waals surface area contributed by atoms with Crippen LogP contribution >= 0.6 is 0 Å². The summed E-state index contributed by atoms with van der Waals surface area (Å²) in [6, 6.07) is 10.0. The fourth-order valence-electron chi connectivity index (χ4n) is 3.68. The van der Waals surface area contributed by atoms with Crippen molar-refractivity contribution in [3.63, 3.8) is 0 Å². The van der Waals surface area contributed by atoms with E-state index in [0.29, 0.717) is 12.2 Å². The molecule has 1 amide bonds. The number of fused-ring (bicyclic) bond motifs is 2. The molecule has 140 valence electrons. The molecule has 1 aromatic carbocycles. The highest BCUT2D eigenvalue weighted by atomic mass is 16.1. The number of carbonyl (C=O) groups excluding carboxylic acids is 1. The van der Waals surface area contributed by atoms with E-state index in [1.165, 1.54) is 0 Å². The third kappa shape index (κ3) is 3.05. The number of benzene rings is 1.